The Bertz CT molecular complexity index is 604. The van der Waals surface area contributed by atoms with Crippen LogP contribution in [0.2, 0.25) is 0 Å². The number of carboxylic acid groups (broad SMARTS) is 1. The van der Waals surface area contributed by atoms with Crippen molar-refractivity contribution >= 4 is 39.1 Å². The lowest BCUT2D eigenvalue weighted by molar-refractivity contribution is -0.139. The van der Waals surface area contributed by atoms with Gasteiger partial charge in [0.15, 0.2) is 4.21 Å². The van der Waals surface area contributed by atoms with Crippen LogP contribution in [0.3, 0.4) is 0 Å². The average Bonchev–Trinajstić information content (AvgIpc) is 2.64. The van der Waals surface area contributed by atoms with Crippen molar-refractivity contribution in [1.29, 1.82) is 0 Å². The number of sulfonamides is 1. The molecule has 0 amide bonds. The number of rotatable bonds is 7. The third-order valence-corrected chi connectivity index (χ3v) is 5.95. The van der Waals surface area contributed by atoms with Crippen molar-refractivity contribution in [2.24, 2.45) is 0 Å². The second-order valence-electron chi connectivity index (χ2n) is 3.72. The van der Waals surface area contributed by atoms with Crippen LogP contribution in [0.15, 0.2) is 9.00 Å². The molecule has 1 rings (SSSR count). The molecule has 3 N–H and O–H groups in total. The maximum atomic E-state index is 12.0. The van der Waals surface area contributed by atoms with Gasteiger partial charge in [0.05, 0.1) is 0 Å². The molecule has 1 heterocycles. The fourth-order valence-electron chi connectivity index (χ4n) is 1.36. The van der Waals surface area contributed by atoms with Crippen molar-refractivity contribution in [3.8, 4) is 0 Å². The minimum atomic E-state index is -4.00. The summed E-state index contributed by atoms with van der Waals surface area (Å²) in [5, 5.41) is 8.98. The molecule has 108 valence electrons. The Morgan fingerprint density at radius 3 is 2.63 bits per heavy atom. The number of aromatic amines is 1. The first-order valence-corrected chi connectivity index (χ1v) is 8.91. The normalized spacial score (nSPS) is 13.4. The minimum absolute atomic E-state index is 0.173. The standard InChI is InChI=1S/C9H14N2O5S3/c1-5-8(18-9(14)10-5)19(15,16)11-6(7(12)13)3-4-17-2/h6,11H,3-4H2,1-2H3,(H,10,14)(H,12,13). The second kappa shape index (κ2) is 6.55. The highest BCUT2D eigenvalue weighted by Crippen LogP contribution is 2.16. The van der Waals surface area contributed by atoms with Gasteiger partial charge in [-0.15, -0.1) is 0 Å². The van der Waals surface area contributed by atoms with Gasteiger partial charge >= 0.3 is 10.8 Å². The van der Waals surface area contributed by atoms with Crippen molar-refractivity contribution in [2.45, 2.75) is 23.6 Å². The van der Waals surface area contributed by atoms with Crippen LogP contribution in [-0.2, 0) is 14.8 Å². The van der Waals surface area contributed by atoms with Crippen molar-refractivity contribution in [2.75, 3.05) is 12.0 Å². The summed E-state index contributed by atoms with van der Waals surface area (Å²) in [6, 6.07) is -1.20. The predicted octanol–water partition coefficient (Wildman–Crippen LogP) is 0.229. The molecule has 0 saturated carbocycles. The summed E-state index contributed by atoms with van der Waals surface area (Å²) in [6.45, 7) is 1.45. The molecule has 0 radical (unpaired) electrons. The number of carboxylic acids is 1. The van der Waals surface area contributed by atoms with Crippen LogP contribution in [-0.4, -0.2) is 42.5 Å². The Morgan fingerprint density at radius 1 is 1.58 bits per heavy atom. The lowest BCUT2D eigenvalue weighted by atomic mass is 10.2. The zero-order valence-electron chi connectivity index (χ0n) is 10.3. The Kier molecular flexibility index (Phi) is 5.59. The van der Waals surface area contributed by atoms with Crippen LogP contribution in [0.25, 0.3) is 0 Å². The molecule has 7 nitrogen and oxygen atoms in total. The van der Waals surface area contributed by atoms with E-state index in [0.29, 0.717) is 17.1 Å². The van der Waals surface area contributed by atoms with Gasteiger partial charge in [0.2, 0.25) is 0 Å². The van der Waals surface area contributed by atoms with Crippen LogP contribution < -0.4 is 9.60 Å². The number of aryl methyl sites for hydroxylation is 1. The molecule has 0 fully saturated rings. The van der Waals surface area contributed by atoms with E-state index in [1.54, 1.807) is 6.26 Å². The van der Waals surface area contributed by atoms with Gasteiger partial charge in [-0.3, -0.25) is 9.59 Å². The van der Waals surface area contributed by atoms with E-state index in [1.165, 1.54) is 18.7 Å². The largest absolute Gasteiger partial charge is 0.480 e. The van der Waals surface area contributed by atoms with E-state index < -0.39 is 26.9 Å². The van der Waals surface area contributed by atoms with Gasteiger partial charge in [-0.1, -0.05) is 11.3 Å². The predicted molar refractivity (Wildman–Crippen MR) is 74.4 cm³/mol. The Balaban J connectivity index is 2.97. The van der Waals surface area contributed by atoms with E-state index in [0.717, 1.165) is 0 Å². The van der Waals surface area contributed by atoms with E-state index >= 15 is 0 Å². The van der Waals surface area contributed by atoms with Crippen LogP contribution >= 0.6 is 23.1 Å². The molecule has 10 heteroatoms. The molecule has 1 atom stereocenters. The average molecular weight is 326 g/mol. The summed E-state index contributed by atoms with van der Waals surface area (Å²) >= 11 is 1.96. The molecular weight excluding hydrogens is 312 g/mol. The van der Waals surface area contributed by atoms with Gasteiger partial charge in [-0.2, -0.15) is 16.5 Å². The summed E-state index contributed by atoms with van der Waals surface area (Å²) in [6.07, 6.45) is 1.98. The molecule has 1 aromatic rings. The van der Waals surface area contributed by atoms with Gasteiger partial charge in [0.25, 0.3) is 10.0 Å². The molecule has 0 bridgehead atoms. The fourth-order valence-corrected chi connectivity index (χ4v) is 4.37. The summed E-state index contributed by atoms with van der Waals surface area (Å²) < 4.78 is 26.0. The zero-order chi connectivity index (χ0) is 14.6. The van der Waals surface area contributed by atoms with E-state index in [2.05, 4.69) is 9.71 Å². The monoisotopic (exact) mass is 326 g/mol. The van der Waals surface area contributed by atoms with Crippen molar-refractivity contribution < 1.29 is 18.3 Å². The van der Waals surface area contributed by atoms with Crippen LogP contribution in [0.5, 0.6) is 0 Å². The highest BCUT2D eigenvalue weighted by Gasteiger charge is 2.27. The number of H-pyrrole nitrogens is 1. The summed E-state index contributed by atoms with van der Waals surface area (Å²) in [5.74, 6) is -0.722. The van der Waals surface area contributed by atoms with Crippen LogP contribution in [0.1, 0.15) is 12.1 Å². The first kappa shape index (κ1) is 16.2. The number of hydrogen-bond acceptors (Lipinski definition) is 6. The number of nitrogens with one attached hydrogen (secondary N) is 2. The number of hydrogen-bond donors (Lipinski definition) is 3. The van der Waals surface area contributed by atoms with E-state index in [1.807, 2.05) is 0 Å². The van der Waals surface area contributed by atoms with Crippen molar-refractivity contribution in [1.82, 2.24) is 9.71 Å². The lowest BCUT2D eigenvalue weighted by Gasteiger charge is -2.13. The number of aromatic nitrogens is 1. The molecular formula is C9H14N2O5S3. The van der Waals surface area contributed by atoms with Gasteiger partial charge in [0.1, 0.15) is 6.04 Å². The minimum Gasteiger partial charge on any atom is -0.480 e. The first-order valence-electron chi connectivity index (χ1n) is 5.21. The number of thiazole rings is 1. The Labute approximate surface area is 118 Å². The number of thioether (sulfide) groups is 1. The molecule has 0 aliphatic heterocycles. The molecule has 0 aliphatic rings. The fraction of sp³-hybridized carbons (Fsp3) is 0.556. The molecule has 19 heavy (non-hydrogen) atoms. The highest BCUT2D eigenvalue weighted by atomic mass is 32.2. The Morgan fingerprint density at radius 2 is 2.21 bits per heavy atom. The molecule has 0 aliphatic carbocycles. The first-order chi connectivity index (χ1) is 8.77. The van der Waals surface area contributed by atoms with Gasteiger partial charge in [-0.25, -0.2) is 8.42 Å². The third kappa shape index (κ3) is 4.34. The topological polar surface area (TPSA) is 116 Å². The number of carbonyl (C=O) groups is 1. The van der Waals surface area contributed by atoms with Crippen LogP contribution in [0.4, 0.5) is 0 Å². The quantitative estimate of drug-likeness (QED) is 0.660. The summed E-state index contributed by atoms with van der Waals surface area (Å²) in [5.41, 5.74) is 0.205. The molecule has 0 aromatic carbocycles. The molecule has 0 spiro atoms. The molecule has 1 unspecified atom stereocenters. The van der Waals surface area contributed by atoms with Crippen LogP contribution in [0, 0.1) is 6.92 Å². The SMILES string of the molecule is CSCCC(NS(=O)(=O)c1sc(=O)[nH]c1C)C(=O)O. The van der Waals surface area contributed by atoms with E-state index in [4.69, 9.17) is 5.11 Å². The lowest BCUT2D eigenvalue weighted by Crippen LogP contribution is -2.41. The van der Waals surface area contributed by atoms with Crippen molar-refractivity contribution in [3.05, 3.63) is 15.4 Å². The zero-order valence-corrected chi connectivity index (χ0v) is 12.7. The Hall–Kier alpha value is -0.840. The van der Waals surface area contributed by atoms with Gasteiger partial charge in [-0.05, 0) is 25.4 Å². The summed E-state index contributed by atoms with van der Waals surface area (Å²) in [7, 11) is -4.00. The van der Waals surface area contributed by atoms with Gasteiger partial charge in [0, 0.05) is 5.69 Å². The number of aliphatic carboxylic acids is 1. The van der Waals surface area contributed by atoms with E-state index in [9.17, 15) is 18.0 Å². The highest BCUT2D eigenvalue weighted by molar-refractivity contribution is 7.98. The molecule has 0 saturated heterocycles. The maximum absolute atomic E-state index is 12.0. The van der Waals surface area contributed by atoms with Crippen molar-refractivity contribution in [3.63, 3.8) is 0 Å². The molecule has 1 aromatic heterocycles. The summed E-state index contributed by atoms with van der Waals surface area (Å²) in [4.78, 5) is 24.0. The van der Waals surface area contributed by atoms with Gasteiger partial charge < -0.3 is 10.1 Å². The third-order valence-electron chi connectivity index (χ3n) is 2.23. The van der Waals surface area contributed by atoms with E-state index in [-0.39, 0.29) is 16.3 Å². The maximum Gasteiger partial charge on any atom is 0.321 e. The smallest absolute Gasteiger partial charge is 0.321 e. The second-order valence-corrected chi connectivity index (χ2v) is 7.60.